The second-order valence-electron chi connectivity index (χ2n) is 5.78. The van der Waals surface area contributed by atoms with Crippen molar-refractivity contribution in [3.8, 4) is 17.9 Å². The van der Waals surface area contributed by atoms with Crippen LogP contribution in [-0.4, -0.2) is 0 Å². The van der Waals surface area contributed by atoms with E-state index < -0.39 is 0 Å². The van der Waals surface area contributed by atoms with Crippen LogP contribution in [0, 0.1) is 22.7 Å². The summed E-state index contributed by atoms with van der Waals surface area (Å²) in [6.45, 7) is 0.321. The summed E-state index contributed by atoms with van der Waals surface area (Å²) in [5.74, 6) is 0.691. The SMILES string of the molecule is N#CC(=Cc1ccc(OCc2ccccc2C#N)cc1)c1ccccc1Cl. The van der Waals surface area contributed by atoms with Crippen LogP contribution in [0.4, 0.5) is 0 Å². The Kier molecular flexibility index (Phi) is 5.90. The Bertz CT molecular complexity index is 1060. The van der Waals surface area contributed by atoms with Crippen molar-refractivity contribution < 1.29 is 4.74 Å². The molecule has 0 aliphatic rings. The van der Waals surface area contributed by atoms with Gasteiger partial charge in [0.05, 0.1) is 23.3 Å². The lowest BCUT2D eigenvalue weighted by Gasteiger charge is -2.08. The van der Waals surface area contributed by atoms with Crippen molar-refractivity contribution in [2.75, 3.05) is 0 Å². The zero-order valence-corrected chi connectivity index (χ0v) is 15.1. The molecule has 0 N–H and O–H groups in total. The molecule has 3 aromatic rings. The number of halogens is 1. The second-order valence-corrected chi connectivity index (χ2v) is 6.18. The third-order valence-corrected chi connectivity index (χ3v) is 4.34. The summed E-state index contributed by atoms with van der Waals surface area (Å²) in [5.41, 5.74) is 3.52. The molecule has 3 nitrogen and oxygen atoms in total. The van der Waals surface area contributed by atoms with Gasteiger partial charge in [-0.3, -0.25) is 0 Å². The summed E-state index contributed by atoms with van der Waals surface area (Å²) in [4.78, 5) is 0. The van der Waals surface area contributed by atoms with Gasteiger partial charge in [-0.15, -0.1) is 0 Å². The van der Waals surface area contributed by atoms with Gasteiger partial charge >= 0.3 is 0 Å². The smallest absolute Gasteiger partial charge is 0.119 e. The van der Waals surface area contributed by atoms with Crippen LogP contribution >= 0.6 is 11.6 Å². The van der Waals surface area contributed by atoms with Crippen LogP contribution in [0.1, 0.15) is 22.3 Å². The molecule has 0 amide bonds. The van der Waals surface area contributed by atoms with Crippen LogP contribution in [-0.2, 0) is 6.61 Å². The average molecular weight is 371 g/mol. The molecule has 3 aromatic carbocycles. The molecule has 27 heavy (non-hydrogen) atoms. The summed E-state index contributed by atoms with van der Waals surface area (Å²) < 4.78 is 5.77. The molecular weight excluding hydrogens is 356 g/mol. The third-order valence-electron chi connectivity index (χ3n) is 4.01. The van der Waals surface area contributed by atoms with E-state index in [-0.39, 0.29) is 0 Å². The molecule has 0 heterocycles. The van der Waals surface area contributed by atoms with E-state index in [4.69, 9.17) is 21.6 Å². The summed E-state index contributed by atoms with van der Waals surface area (Å²) in [6, 6.07) is 26.4. The van der Waals surface area contributed by atoms with E-state index in [1.54, 1.807) is 18.2 Å². The molecule has 0 aliphatic heterocycles. The minimum atomic E-state index is 0.321. The van der Waals surface area contributed by atoms with Gasteiger partial charge in [0, 0.05) is 16.1 Å². The lowest BCUT2D eigenvalue weighted by molar-refractivity contribution is 0.306. The standard InChI is InChI=1S/C23H15ClN2O/c24-23-8-4-3-7-22(23)20(15-26)13-17-9-11-21(12-10-17)27-16-19-6-2-1-5-18(19)14-25/h1-13H,16H2. The van der Waals surface area contributed by atoms with Gasteiger partial charge in [-0.05, 0) is 35.9 Å². The van der Waals surface area contributed by atoms with Gasteiger partial charge in [-0.2, -0.15) is 10.5 Å². The van der Waals surface area contributed by atoms with Crippen LogP contribution in [0.3, 0.4) is 0 Å². The highest BCUT2D eigenvalue weighted by molar-refractivity contribution is 6.32. The van der Waals surface area contributed by atoms with Crippen molar-refractivity contribution in [2.24, 2.45) is 0 Å². The predicted octanol–water partition coefficient (Wildman–Crippen LogP) is 5.85. The maximum atomic E-state index is 9.45. The number of rotatable bonds is 5. The first-order valence-electron chi connectivity index (χ1n) is 8.29. The highest BCUT2D eigenvalue weighted by Crippen LogP contribution is 2.25. The molecule has 3 rings (SSSR count). The molecule has 0 unspecified atom stereocenters. The number of nitriles is 2. The molecule has 130 valence electrons. The number of ether oxygens (including phenoxy) is 1. The van der Waals surface area contributed by atoms with E-state index in [9.17, 15) is 5.26 Å². The minimum absolute atomic E-state index is 0.321. The zero-order chi connectivity index (χ0) is 19.1. The largest absolute Gasteiger partial charge is 0.489 e. The maximum Gasteiger partial charge on any atom is 0.119 e. The molecule has 0 fully saturated rings. The first-order valence-corrected chi connectivity index (χ1v) is 8.66. The molecule has 0 aliphatic carbocycles. The van der Waals surface area contributed by atoms with Crippen molar-refractivity contribution in [3.63, 3.8) is 0 Å². The highest BCUT2D eigenvalue weighted by atomic mass is 35.5. The molecule has 0 spiro atoms. The third kappa shape index (κ3) is 4.55. The summed E-state index contributed by atoms with van der Waals surface area (Å²) in [6.07, 6.45) is 1.79. The second kappa shape index (κ2) is 8.72. The Morgan fingerprint density at radius 1 is 0.926 bits per heavy atom. The van der Waals surface area contributed by atoms with Crippen LogP contribution in [0.25, 0.3) is 11.6 Å². The number of hydrogen-bond acceptors (Lipinski definition) is 3. The molecular formula is C23H15ClN2O. The van der Waals surface area contributed by atoms with Crippen LogP contribution < -0.4 is 4.74 Å². The Morgan fingerprint density at radius 2 is 1.63 bits per heavy atom. The Hall–Kier alpha value is -3.53. The van der Waals surface area contributed by atoms with E-state index in [0.717, 1.165) is 11.1 Å². The van der Waals surface area contributed by atoms with Gasteiger partial charge in [0.1, 0.15) is 12.4 Å². The maximum absolute atomic E-state index is 9.45. The minimum Gasteiger partial charge on any atom is -0.489 e. The van der Waals surface area contributed by atoms with E-state index in [2.05, 4.69) is 12.1 Å². The summed E-state index contributed by atoms with van der Waals surface area (Å²) in [5, 5.41) is 19.1. The van der Waals surface area contributed by atoms with Gasteiger partial charge in [0.2, 0.25) is 0 Å². The van der Waals surface area contributed by atoms with E-state index >= 15 is 0 Å². The first-order chi connectivity index (χ1) is 13.2. The normalized spacial score (nSPS) is 10.7. The first kappa shape index (κ1) is 18.3. The van der Waals surface area contributed by atoms with Crippen molar-refractivity contribution in [2.45, 2.75) is 6.61 Å². The fraction of sp³-hybridized carbons (Fsp3) is 0.0435. The van der Waals surface area contributed by atoms with Crippen molar-refractivity contribution >= 4 is 23.3 Å². The lowest BCUT2D eigenvalue weighted by atomic mass is 10.0. The quantitative estimate of drug-likeness (QED) is 0.417. The van der Waals surface area contributed by atoms with Gasteiger partial charge in [0.15, 0.2) is 0 Å². The topological polar surface area (TPSA) is 56.8 Å². The highest BCUT2D eigenvalue weighted by Gasteiger charge is 2.06. The Morgan fingerprint density at radius 3 is 2.33 bits per heavy atom. The van der Waals surface area contributed by atoms with Gasteiger partial charge < -0.3 is 4.74 Å². The van der Waals surface area contributed by atoms with Gasteiger partial charge in [-0.25, -0.2) is 0 Å². The van der Waals surface area contributed by atoms with Crippen LogP contribution in [0.5, 0.6) is 5.75 Å². The van der Waals surface area contributed by atoms with E-state index in [0.29, 0.717) is 34.1 Å². The monoisotopic (exact) mass is 370 g/mol. The molecule has 0 radical (unpaired) electrons. The predicted molar refractivity (Wildman–Crippen MR) is 107 cm³/mol. The van der Waals surface area contributed by atoms with E-state index in [1.807, 2.05) is 60.7 Å². The molecule has 4 heteroatoms. The van der Waals surface area contributed by atoms with Gasteiger partial charge in [0.25, 0.3) is 0 Å². The fourth-order valence-corrected chi connectivity index (χ4v) is 2.83. The van der Waals surface area contributed by atoms with Crippen molar-refractivity contribution in [3.05, 3.63) is 100 Å². The molecule has 0 bridgehead atoms. The zero-order valence-electron chi connectivity index (χ0n) is 14.4. The van der Waals surface area contributed by atoms with Crippen molar-refractivity contribution in [1.29, 1.82) is 10.5 Å². The lowest BCUT2D eigenvalue weighted by Crippen LogP contribution is -1.98. The van der Waals surface area contributed by atoms with Crippen molar-refractivity contribution in [1.82, 2.24) is 0 Å². The van der Waals surface area contributed by atoms with Gasteiger partial charge in [-0.1, -0.05) is 60.1 Å². The Balaban J connectivity index is 1.74. The molecule has 0 atom stereocenters. The molecule has 0 aromatic heterocycles. The van der Waals surface area contributed by atoms with E-state index in [1.165, 1.54) is 0 Å². The molecule has 0 saturated heterocycles. The Labute approximate surface area is 163 Å². The summed E-state index contributed by atoms with van der Waals surface area (Å²) in [7, 11) is 0. The molecule has 0 saturated carbocycles. The number of allylic oxidation sites excluding steroid dienone is 1. The fourth-order valence-electron chi connectivity index (χ4n) is 2.59. The van der Waals surface area contributed by atoms with Crippen LogP contribution in [0.15, 0.2) is 72.8 Å². The average Bonchev–Trinajstić information content (AvgIpc) is 2.72. The summed E-state index contributed by atoms with van der Waals surface area (Å²) >= 11 is 6.18. The number of nitrogens with zero attached hydrogens (tertiary/aromatic N) is 2. The van der Waals surface area contributed by atoms with Crippen LogP contribution in [0.2, 0.25) is 5.02 Å². The number of hydrogen-bond donors (Lipinski definition) is 0. The number of benzene rings is 3.